The number of amides is 3. The van der Waals surface area contributed by atoms with Crippen molar-refractivity contribution in [2.75, 3.05) is 33.2 Å². The summed E-state index contributed by atoms with van der Waals surface area (Å²) >= 11 is 0. The minimum Gasteiger partial charge on any atom is -0.342 e. The van der Waals surface area contributed by atoms with Crippen LogP contribution in [0.1, 0.15) is 43.0 Å². The van der Waals surface area contributed by atoms with E-state index in [0.29, 0.717) is 37.9 Å². The molecule has 0 aromatic heterocycles. The highest BCUT2D eigenvalue weighted by Crippen LogP contribution is 2.36. The Kier molecular flexibility index (Phi) is 7.52. The summed E-state index contributed by atoms with van der Waals surface area (Å²) in [5.41, 5.74) is 2.92. The molecule has 2 fully saturated rings. The fourth-order valence-electron chi connectivity index (χ4n) is 6.14. The van der Waals surface area contributed by atoms with Crippen LogP contribution in [0.15, 0.2) is 48.5 Å². The summed E-state index contributed by atoms with van der Waals surface area (Å²) in [5, 5.41) is 3.05. The first-order chi connectivity index (χ1) is 18.2. The summed E-state index contributed by atoms with van der Waals surface area (Å²) in [6.45, 7) is 6.55. The Morgan fingerprint density at radius 2 is 1.58 bits per heavy atom. The van der Waals surface area contributed by atoms with Gasteiger partial charge >= 0.3 is 0 Å². The number of nitrogens with one attached hydrogen (secondary N) is 1. The Morgan fingerprint density at radius 3 is 2.16 bits per heavy atom. The van der Waals surface area contributed by atoms with Crippen LogP contribution in [0.25, 0.3) is 0 Å². The van der Waals surface area contributed by atoms with Crippen molar-refractivity contribution in [2.45, 2.75) is 51.2 Å². The van der Waals surface area contributed by atoms with Crippen LogP contribution in [0.5, 0.6) is 0 Å². The van der Waals surface area contributed by atoms with Gasteiger partial charge in [0.2, 0.25) is 17.7 Å². The molecule has 0 bridgehead atoms. The van der Waals surface area contributed by atoms with Gasteiger partial charge in [0.15, 0.2) is 0 Å². The van der Waals surface area contributed by atoms with E-state index in [-0.39, 0.29) is 29.6 Å². The third kappa shape index (κ3) is 5.19. The van der Waals surface area contributed by atoms with Crippen molar-refractivity contribution in [3.05, 3.63) is 71.0 Å². The molecule has 1 aliphatic carbocycles. The lowest BCUT2D eigenvalue weighted by atomic mass is 9.87. The highest BCUT2D eigenvalue weighted by atomic mass is 19.1. The van der Waals surface area contributed by atoms with Crippen molar-refractivity contribution in [2.24, 2.45) is 11.8 Å². The number of carbonyl (C=O) groups is 3. The van der Waals surface area contributed by atoms with Gasteiger partial charge in [0, 0.05) is 26.2 Å². The van der Waals surface area contributed by atoms with Crippen molar-refractivity contribution in [3.8, 4) is 0 Å². The number of rotatable bonds is 6. The Balaban J connectivity index is 1.53. The third-order valence-corrected chi connectivity index (χ3v) is 8.22. The summed E-state index contributed by atoms with van der Waals surface area (Å²) in [7, 11) is 2.01. The van der Waals surface area contributed by atoms with Crippen molar-refractivity contribution in [1.82, 2.24) is 20.0 Å². The van der Waals surface area contributed by atoms with Gasteiger partial charge in [-0.1, -0.05) is 50.2 Å². The monoisotopic (exact) mass is 520 g/mol. The SMILES string of the molecule is CC(C)C[C@@H]1C(=O)N[C@H](C2Cc3ccccc3C2)C(=O)N1[C@@H](C(=O)N1CCN(C)CC1)c1ccc(F)cc1. The zero-order valence-electron chi connectivity index (χ0n) is 22.4. The van der Waals surface area contributed by atoms with Crippen molar-refractivity contribution < 1.29 is 18.8 Å². The van der Waals surface area contributed by atoms with Gasteiger partial charge in [-0.2, -0.15) is 0 Å². The van der Waals surface area contributed by atoms with Gasteiger partial charge in [-0.05, 0) is 67.0 Å². The van der Waals surface area contributed by atoms with Crippen molar-refractivity contribution in [3.63, 3.8) is 0 Å². The Bertz CT molecular complexity index is 1170. The fraction of sp³-hybridized carbons (Fsp3) is 0.500. The normalized spacial score (nSPS) is 23.5. The number of piperazine rings is 2. The van der Waals surface area contributed by atoms with E-state index in [1.807, 2.05) is 33.0 Å². The van der Waals surface area contributed by atoms with Crippen LogP contribution in [-0.2, 0) is 27.2 Å². The molecule has 3 atom stereocenters. The molecule has 2 aliphatic heterocycles. The zero-order chi connectivity index (χ0) is 27.0. The smallest absolute Gasteiger partial charge is 0.250 e. The molecule has 5 rings (SSSR count). The molecule has 3 amide bonds. The number of nitrogens with zero attached hydrogens (tertiary/aromatic N) is 3. The second kappa shape index (κ2) is 10.8. The van der Waals surface area contributed by atoms with Crippen LogP contribution in [0.4, 0.5) is 4.39 Å². The number of likely N-dealkylation sites (N-methyl/N-ethyl adjacent to an activating group) is 1. The van der Waals surface area contributed by atoms with Crippen LogP contribution in [0.2, 0.25) is 0 Å². The minimum absolute atomic E-state index is 0.0843. The lowest BCUT2D eigenvalue weighted by molar-refractivity contribution is -0.160. The van der Waals surface area contributed by atoms with Crippen LogP contribution in [0.3, 0.4) is 0 Å². The molecule has 2 aromatic carbocycles. The first-order valence-corrected chi connectivity index (χ1v) is 13.6. The average Bonchev–Trinajstić information content (AvgIpc) is 3.33. The first kappa shape index (κ1) is 26.4. The maximum absolute atomic E-state index is 14.4. The van der Waals surface area contributed by atoms with Crippen molar-refractivity contribution >= 4 is 17.7 Å². The molecule has 38 heavy (non-hydrogen) atoms. The maximum atomic E-state index is 14.4. The molecule has 1 N–H and O–H groups in total. The lowest BCUT2D eigenvalue weighted by Gasteiger charge is -2.46. The lowest BCUT2D eigenvalue weighted by Crippen LogP contribution is -2.67. The number of fused-ring (bicyclic) bond motifs is 1. The maximum Gasteiger partial charge on any atom is 0.250 e. The van der Waals surface area contributed by atoms with E-state index in [4.69, 9.17) is 0 Å². The Labute approximate surface area is 224 Å². The van der Waals surface area contributed by atoms with Crippen LogP contribution in [-0.4, -0.2) is 77.7 Å². The third-order valence-electron chi connectivity index (χ3n) is 8.22. The van der Waals surface area contributed by atoms with Gasteiger partial charge < -0.3 is 20.0 Å². The standard InChI is InChI=1S/C30H37FN4O3/c1-19(2)16-25-28(36)32-26(23-17-21-6-4-5-7-22(21)18-23)29(37)35(25)27(20-8-10-24(31)11-9-20)30(38)34-14-12-33(3)13-15-34/h4-11,19,23,25-27H,12-18H2,1-3H3,(H,32,36)/t25-,26-,27-/m1/s1. The number of hydrogen-bond donors (Lipinski definition) is 1. The Hall–Kier alpha value is -3.26. The topological polar surface area (TPSA) is 73.0 Å². The van der Waals surface area contributed by atoms with Crippen LogP contribution < -0.4 is 5.32 Å². The molecule has 7 nitrogen and oxygen atoms in total. The number of hydrogen-bond acceptors (Lipinski definition) is 4. The summed E-state index contributed by atoms with van der Waals surface area (Å²) in [6.07, 6.45) is 1.83. The molecule has 2 heterocycles. The fourth-order valence-corrected chi connectivity index (χ4v) is 6.14. The molecule has 2 aromatic rings. The molecular weight excluding hydrogens is 483 g/mol. The summed E-state index contributed by atoms with van der Waals surface area (Å²) in [6, 6.07) is 11.4. The largest absolute Gasteiger partial charge is 0.342 e. The molecule has 0 saturated carbocycles. The van der Waals surface area contributed by atoms with E-state index in [1.165, 1.54) is 23.3 Å². The highest BCUT2D eigenvalue weighted by molar-refractivity contribution is 6.00. The number of carbonyl (C=O) groups excluding carboxylic acids is 3. The number of benzene rings is 2. The molecule has 0 spiro atoms. The molecular formula is C30H37FN4O3. The summed E-state index contributed by atoms with van der Waals surface area (Å²) < 4.78 is 13.9. The minimum atomic E-state index is -0.993. The average molecular weight is 521 g/mol. The molecule has 0 unspecified atom stereocenters. The molecule has 8 heteroatoms. The van der Waals surface area contributed by atoms with E-state index in [2.05, 4.69) is 22.3 Å². The zero-order valence-corrected chi connectivity index (χ0v) is 22.4. The van der Waals surface area contributed by atoms with E-state index in [9.17, 15) is 18.8 Å². The summed E-state index contributed by atoms with van der Waals surface area (Å²) in [4.78, 5) is 47.7. The number of halogens is 1. The molecule has 0 radical (unpaired) electrons. The quantitative estimate of drug-likeness (QED) is 0.636. The van der Waals surface area contributed by atoms with E-state index in [0.717, 1.165) is 13.1 Å². The molecule has 3 aliphatic rings. The van der Waals surface area contributed by atoms with Gasteiger partial charge in [-0.25, -0.2) is 4.39 Å². The second-order valence-electron chi connectivity index (χ2n) is 11.4. The molecule has 2 saturated heterocycles. The second-order valence-corrected chi connectivity index (χ2v) is 11.4. The summed E-state index contributed by atoms with van der Waals surface area (Å²) in [5.74, 6) is -1.04. The van der Waals surface area contributed by atoms with Gasteiger partial charge in [0.1, 0.15) is 23.9 Å². The predicted molar refractivity (Wildman–Crippen MR) is 143 cm³/mol. The van der Waals surface area contributed by atoms with Crippen LogP contribution in [0, 0.1) is 17.7 Å². The van der Waals surface area contributed by atoms with E-state index < -0.39 is 23.9 Å². The first-order valence-electron chi connectivity index (χ1n) is 13.6. The van der Waals surface area contributed by atoms with Crippen LogP contribution >= 0.6 is 0 Å². The van der Waals surface area contributed by atoms with Gasteiger partial charge in [-0.3, -0.25) is 14.4 Å². The van der Waals surface area contributed by atoms with Gasteiger partial charge in [-0.15, -0.1) is 0 Å². The van der Waals surface area contributed by atoms with Gasteiger partial charge in [0.25, 0.3) is 0 Å². The highest BCUT2D eigenvalue weighted by Gasteiger charge is 2.50. The van der Waals surface area contributed by atoms with Gasteiger partial charge in [0.05, 0.1) is 0 Å². The van der Waals surface area contributed by atoms with E-state index in [1.54, 1.807) is 21.9 Å². The predicted octanol–water partition coefficient (Wildman–Crippen LogP) is 2.80. The van der Waals surface area contributed by atoms with E-state index >= 15 is 0 Å². The molecule has 202 valence electrons. The Morgan fingerprint density at radius 1 is 0.974 bits per heavy atom. The van der Waals surface area contributed by atoms with Crippen molar-refractivity contribution in [1.29, 1.82) is 0 Å².